The highest BCUT2D eigenvalue weighted by atomic mass is 16.5. The maximum absolute atomic E-state index is 6.91. The monoisotopic (exact) mass is 822 g/mol. The SMILES string of the molecule is CN1CN2c3cc(Oc4cccc(-c5cc(C(C)(C)C)ccn5)c4)ccc3C3(c4cccc1c42)c1c(cc(C(C)(C)C)cc1C(C)(C)C)-c1cc(C(C)(C)C)cc(C(C)(C)C)c13. The van der Waals surface area contributed by atoms with Gasteiger partial charge in [-0.15, -0.1) is 0 Å². The maximum Gasteiger partial charge on any atom is 0.129 e. The summed E-state index contributed by atoms with van der Waals surface area (Å²) in [6, 6.07) is 37.0. The van der Waals surface area contributed by atoms with Gasteiger partial charge in [-0.25, -0.2) is 0 Å². The summed E-state index contributed by atoms with van der Waals surface area (Å²) in [5.41, 5.74) is 20.0. The third-order valence-corrected chi connectivity index (χ3v) is 13.8. The van der Waals surface area contributed by atoms with Gasteiger partial charge in [0.05, 0.1) is 34.8 Å². The molecule has 0 bridgehead atoms. The second kappa shape index (κ2) is 13.6. The summed E-state index contributed by atoms with van der Waals surface area (Å²) < 4.78 is 6.91. The van der Waals surface area contributed by atoms with Crippen molar-refractivity contribution in [1.29, 1.82) is 0 Å². The number of anilines is 3. The van der Waals surface area contributed by atoms with Crippen LogP contribution in [0.2, 0.25) is 0 Å². The van der Waals surface area contributed by atoms with Crippen molar-refractivity contribution < 1.29 is 4.74 Å². The molecular weight excluding hydrogens is 755 g/mol. The highest BCUT2D eigenvalue weighted by Gasteiger charge is 2.57. The zero-order valence-corrected chi connectivity index (χ0v) is 40.3. The highest BCUT2D eigenvalue weighted by Crippen LogP contribution is 2.68. The van der Waals surface area contributed by atoms with Crippen molar-refractivity contribution in [3.63, 3.8) is 0 Å². The topological polar surface area (TPSA) is 28.6 Å². The predicted molar refractivity (Wildman–Crippen MR) is 262 cm³/mol. The number of rotatable bonds is 3. The molecule has 62 heavy (non-hydrogen) atoms. The van der Waals surface area contributed by atoms with Gasteiger partial charge >= 0.3 is 0 Å². The molecule has 0 unspecified atom stereocenters. The molecule has 1 aliphatic carbocycles. The van der Waals surface area contributed by atoms with Gasteiger partial charge in [0.2, 0.25) is 0 Å². The van der Waals surface area contributed by atoms with Crippen molar-refractivity contribution in [1.82, 2.24) is 4.98 Å². The predicted octanol–water partition coefficient (Wildman–Crippen LogP) is 15.3. The van der Waals surface area contributed by atoms with E-state index < -0.39 is 5.41 Å². The Morgan fingerprint density at radius 1 is 0.516 bits per heavy atom. The summed E-state index contributed by atoms with van der Waals surface area (Å²) >= 11 is 0. The molecule has 5 aromatic carbocycles. The van der Waals surface area contributed by atoms with Crippen LogP contribution in [0.25, 0.3) is 22.4 Å². The van der Waals surface area contributed by atoms with E-state index >= 15 is 0 Å². The van der Waals surface area contributed by atoms with Gasteiger partial charge in [-0.1, -0.05) is 158 Å². The molecule has 4 nitrogen and oxygen atoms in total. The Bertz CT molecular complexity index is 2710. The first-order valence-corrected chi connectivity index (χ1v) is 22.7. The molecule has 1 aromatic heterocycles. The van der Waals surface area contributed by atoms with Crippen LogP contribution < -0.4 is 14.5 Å². The van der Waals surface area contributed by atoms with Crippen LogP contribution >= 0.6 is 0 Å². The number of hydrogen-bond acceptors (Lipinski definition) is 4. The molecule has 3 aliphatic rings. The number of ether oxygens (including phenoxy) is 1. The number of aromatic nitrogens is 1. The second-order valence-electron chi connectivity index (χ2n) is 23.6. The molecular formula is C58H67N3O. The Morgan fingerprint density at radius 3 is 1.65 bits per heavy atom. The van der Waals surface area contributed by atoms with E-state index in [9.17, 15) is 0 Å². The number of pyridine rings is 1. The molecule has 0 amide bonds. The van der Waals surface area contributed by atoms with E-state index in [-0.39, 0.29) is 27.1 Å². The Balaban J connectivity index is 1.35. The van der Waals surface area contributed by atoms with Crippen LogP contribution in [0.4, 0.5) is 17.1 Å². The number of benzene rings is 5. The minimum absolute atomic E-state index is 0.0276. The van der Waals surface area contributed by atoms with Crippen molar-refractivity contribution in [2.45, 2.75) is 136 Å². The first-order valence-electron chi connectivity index (χ1n) is 22.7. The van der Waals surface area contributed by atoms with E-state index in [2.05, 4.69) is 218 Å². The Hall–Kier alpha value is -5.35. The third-order valence-electron chi connectivity index (χ3n) is 13.8. The standard InChI is InChI=1S/C58H67N3O/c1-53(2,3)36-25-26-59-47(32-36)35-19-17-20-39(27-35)62-40-23-24-43-49(33-40)61-34-60(16)48-22-18-21-44(52(48)61)58(43)50-41(28-37(54(4,5)6)30-45(50)56(10,11)12)42-29-38(55(7,8)9)31-46(51(42)58)57(13,14)15/h17-33H,34H2,1-16H3. The van der Waals surface area contributed by atoms with Crippen molar-refractivity contribution in [3.05, 3.63) is 153 Å². The summed E-state index contributed by atoms with van der Waals surface area (Å²) in [5.74, 6) is 1.61. The number of hydrogen-bond donors (Lipinski definition) is 0. The fraction of sp³-hybridized carbons (Fsp3) is 0.397. The third kappa shape index (κ3) is 6.49. The lowest BCUT2D eigenvalue weighted by atomic mass is 9.59. The molecule has 0 N–H and O–H groups in total. The van der Waals surface area contributed by atoms with Crippen LogP contribution in [0.3, 0.4) is 0 Å². The molecule has 4 heteroatoms. The van der Waals surface area contributed by atoms with Crippen LogP contribution in [-0.4, -0.2) is 18.7 Å². The molecule has 0 fully saturated rings. The van der Waals surface area contributed by atoms with Crippen LogP contribution in [-0.2, 0) is 32.5 Å². The molecule has 0 radical (unpaired) electrons. The fourth-order valence-corrected chi connectivity index (χ4v) is 10.4. The molecule has 9 rings (SSSR count). The molecule has 320 valence electrons. The lowest BCUT2D eigenvalue weighted by molar-refractivity contribution is 0.482. The molecule has 0 saturated carbocycles. The molecule has 0 saturated heterocycles. The average molecular weight is 822 g/mol. The number of para-hydroxylation sites is 1. The summed E-state index contributed by atoms with van der Waals surface area (Å²) in [6.07, 6.45) is 1.92. The van der Waals surface area contributed by atoms with Gasteiger partial charge in [-0.2, -0.15) is 0 Å². The van der Waals surface area contributed by atoms with Gasteiger partial charge in [0.1, 0.15) is 11.5 Å². The Kier molecular flexibility index (Phi) is 9.19. The van der Waals surface area contributed by atoms with Crippen molar-refractivity contribution in [2.75, 3.05) is 23.5 Å². The van der Waals surface area contributed by atoms with Gasteiger partial charge in [-0.3, -0.25) is 4.98 Å². The van der Waals surface area contributed by atoms with E-state index in [1.807, 2.05) is 6.20 Å². The van der Waals surface area contributed by atoms with E-state index in [1.165, 1.54) is 78.3 Å². The fourth-order valence-electron chi connectivity index (χ4n) is 10.4. The summed E-state index contributed by atoms with van der Waals surface area (Å²) in [6.45, 7) is 36.2. The zero-order valence-electron chi connectivity index (χ0n) is 40.3. The van der Waals surface area contributed by atoms with E-state index in [1.54, 1.807) is 0 Å². The van der Waals surface area contributed by atoms with Gasteiger partial charge in [0.15, 0.2) is 0 Å². The summed E-state index contributed by atoms with van der Waals surface area (Å²) in [4.78, 5) is 9.74. The summed E-state index contributed by atoms with van der Waals surface area (Å²) in [5, 5.41) is 0. The van der Waals surface area contributed by atoms with E-state index in [0.717, 1.165) is 29.4 Å². The van der Waals surface area contributed by atoms with Gasteiger partial charge in [0.25, 0.3) is 0 Å². The lowest BCUT2D eigenvalue weighted by Gasteiger charge is -2.46. The van der Waals surface area contributed by atoms with Crippen LogP contribution in [0.15, 0.2) is 103 Å². The minimum Gasteiger partial charge on any atom is -0.457 e. The van der Waals surface area contributed by atoms with Gasteiger partial charge in [0, 0.05) is 24.9 Å². The first-order chi connectivity index (χ1) is 28.8. The van der Waals surface area contributed by atoms with Crippen molar-refractivity contribution in [2.24, 2.45) is 0 Å². The second-order valence-corrected chi connectivity index (χ2v) is 23.6. The molecule has 1 spiro atoms. The number of fused-ring (bicyclic) bond motifs is 9. The van der Waals surface area contributed by atoms with Crippen molar-refractivity contribution >= 4 is 17.1 Å². The van der Waals surface area contributed by atoms with Crippen LogP contribution in [0.5, 0.6) is 11.5 Å². The van der Waals surface area contributed by atoms with E-state index in [0.29, 0.717) is 0 Å². The molecule has 2 aliphatic heterocycles. The van der Waals surface area contributed by atoms with E-state index in [4.69, 9.17) is 9.72 Å². The van der Waals surface area contributed by atoms with Gasteiger partial charge < -0.3 is 14.5 Å². The average Bonchev–Trinajstić information content (AvgIpc) is 3.67. The normalized spacial score (nSPS) is 15.4. The first kappa shape index (κ1) is 42.0. The Morgan fingerprint density at radius 2 is 1.08 bits per heavy atom. The molecule has 6 aromatic rings. The Labute approximate surface area is 372 Å². The number of nitrogens with zero attached hydrogens (tertiary/aromatic N) is 3. The van der Waals surface area contributed by atoms with Crippen LogP contribution in [0, 0.1) is 0 Å². The van der Waals surface area contributed by atoms with Gasteiger partial charge in [-0.05, 0) is 125 Å². The highest BCUT2D eigenvalue weighted by molar-refractivity contribution is 6.00. The quantitative estimate of drug-likeness (QED) is 0.178. The molecule has 0 atom stereocenters. The smallest absolute Gasteiger partial charge is 0.129 e. The lowest BCUT2D eigenvalue weighted by Crippen LogP contribution is -2.40. The van der Waals surface area contributed by atoms with Crippen LogP contribution in [0.1, 0.15) is 154 Å². The summed E-state index contributed by atoms with van der Waals surface area (Å²) in [7, 11) is 2.23. The zero-order chi connectivity index (χ0) is 44.7. The minimum atomic E-state index is -0.590. The molecule has 3 heterocycles. The maximum atomic E-state index is 6.91. The van der Waals surface area contributed by atoms with Crippen molar-refractivity contribution in [3.8, 4) is 33.9 Å². The largest absolute Gasteiger partial charge is 0.457 e.